The SMILES string of the molecule is O=C(NCCCCN1CCN(c2ccccc2)CC1)C1CCN(c2ccc(Cl)cc2)C1=O. The number of halogens is 1. The average molecular weight is 455 g/mol. The zero-order chi connectivity index (χ0) is 22.3. The van der Waals surface area contributed by atoms with Gasteiger partial charge in [0.15, 0.2) is 0 Å². The summed E-state index contributed by atoms with van der Waals surface area (Å²) < 4.78 is 0. The molecular formula is C25H31ClN4O2. The van der Waals surface area contributed by atoms with Gasteiger partial charge in [-0.05, 0) is 62.2 Å². The first kappa shape index (κ1) is 22.6. The molecule has 32 heavy (non-hydrogen) atoms. The minimum Gasteiger partial charge on any atom is -0.369 e. The van der Waals surface area contributed by atoms with Crippen molar-refractivity contribution in [1.82, 2.24) is 10.2 Å². The molecule has 2 aliphatic heterocycles. The third-order valence-corrected chi connectivity index (χ3v) is 6.61. The maximum Gasteiger partial charge on any atom is 0.239 e. The summed E-state index contributed by atoms with van der Waals surface area (Å²) in [5, 5.41) is 3.60. The second-order valence-electron chi connectivity index (χ2n) is 8.47. The van der Waals surface area contributed by atoms with E-state index in [1.807, 2.05) is 12.1 Å². The molecule has 1 N–H and O–H groups in total. The number of amides is 2. The van der Waals surface area contributed by atoms with Gasteiger partial charge < -0.3 is 15.1 Å². The molecule has 0 aromatic heterocycles. The Balaban J connectivity index is 1.12. The monoisotopic (exact) mass is 454 g/mol. The fourth-order valence-electron chi connectivity index (χ4n) is 4.46. The molecule has 7 heteroatoms. The summed E-state index contributed by atoms with van der Waals surface area (Å²) >= 11 is 5.93. The van der Waals surface area contributed by atoms with Gasteiger partial charge in [-0.25, -0.2) is 0 Å². The zero-order valence-corrected chi connectivity index (χ0v) is 19.1. The standard InChI is InChI=1S/C25H31ClN4O2/c26-20-8-10-22(11-9-20)30-15-12-23(25(30)32)24(31)27-13-4-5-14-28-16-18-29(19-17-28)21-6-2-1-3-7-21/h1-3,6-11,23H,4-5,12-19H2,(H,27,31). The van der Waals surface area contributed by atoms with Gasteiger partial charge in [-0.1, -0.05) is 29.8 Å². The van der Waals surface area contributed by atoms with Gasteiger partial charge in [0.05, 0.1) is 0 Å². The number of hydrogen-bond acceptors (Lipinski definition) is 4. The van der Waals surface area contributed by atoms with E-state index in [0.717, 1.165) is 51.3 Å². The molecule has 2 aromatic carbocycles. The number of anilines is 2. The van der Waals surface area contributed by atoms with Crippen LogP contribution in [-0.4, -0.2) is 62.5 Å². The lowest BCUT2D eigenvalue weighted by Gasteiger charge is -2.36. The minimum atomic E-state index is -0.586. The van der Waals surface area contributed by atoms with Crippen molar-refractivity contribution in [2.75, 3.05) is 55.6 Å². The van der Waals surface area contributed by atoms with Crippen LogP contribution in [0.1, 0.15) is 19.3 Å². The molecule has 2 aliphatic rings. The highest BCUT2D eigenvalue weighted by atomic mass is 35.5. The molecule has 2 fully saturated rings. The Hall–Kier alpha value is -2.57. The predicted octanol–water partition coefficient (Wildman–Crippen LogP) is 3.41. The van der Waals surface area contributed by atoms with E-state index in [4.69, 9.17) is 11.6 Å². The molecule has 2 saturated heterocycles. The number of rotatable bonds is 8. The third-order valence-electron chi connectivity index (χ3n) is 6.35. The van der Waals surface area contributed by atoms with Crippen LogP contribution in [0.5, 0.6) is 0 Å². The number of unbranched alkanes of at least 4 members (excludes halogenated alkanes) is 1. The van der Waals surface area contributed by atoms with Crippen LogP contribution in [0.15, 0.2) is 54.6 Å². The summed E-state index contributed by atoms with van der Waals surface area (Å²) in [4.78, 5) is 31.8. The maximum atomic E-state index is 12.7. The number of carbonyl (C=O) groups is 2. The van der Waals surface area contributed by atoms with Crippen molar-refractivity contribution >= 4 is 34.8 Å². The number of benzene rings is 2. The number of piperazine rings is 1. The van der Waals surface area contributed by atoms with Crippen LogP contribution in [0, 0.1) is 5.92 Å². The van der Waals surface area contributed by atoms with E-state index in [1.54, 1.807) is 17.0 Å². The van der Waals surface area contributed by atoms with Gasteiger partial charge in [-0.15, -0.1) is 0 Å². The molecule has 0 spiro atoms. The average Bonchev–Trinajstić information content (AvgIpc) is 3.21. The van der Waals surface area contributed by atoms with Gasteiger partial charge in [0.1, 0.15) is 5.92 Å². The molecular weight excluding hydrogens is 424 g/mol. The van der Waals surface area contributed by atoms with Gasteiger partial charge in [-0.2, -0.15) is 0 Å². The van der Waals surface area contributed by atoms with Crippen molar-refractivity contribution in [2.45, 2.75) is 19.3 Å². The Kier molecular flexibility index (Phi) is 7.66. The largest absolute Gasteiger partial charge is 0.369 e. The van der Waals surface area contributed by atoms with E-state index in [2.05, 4.69) is 45.4 Å². The van der Waals surface area contributed by atoms with Gasteiger partial charge in [0.2, 0.25) is 11.8 Å². The van der Waals surface area contributed by atoms with Crippen molar-refractivity contribution in [3.63, 3.8) is 0 Å². The normalized spacial score (nSPS) is 19.4. The van der Waals surface area contributed by atoms with Crippen molar-refractivity contribution in [1.29, 1.82) is 0 Å². The first-order chi connectivity index (χ1) is 15.6. The van der Waals surface area contributed by atoms with E-state index in [9.17, 15) is 9.59 Å². The second-order valence-corrected chi connectivity index (χ2v) is 8.91. The van der Waals surface area contributed by atoms with Crippen molar-refractivity contribution in [3.8, 4) is 0 Å². The quantitative estimate of drug-likeness (QED) is 0.490. The fraction of sp³-hybridized carbons (Fsp3) is 0.440. The first-order valence-electron chi connectivity index (χ1n) is 11.5. The Morgan fingerprint density at radius 3 is 2.34 bits per heavy atom. The third kappa shape index (κ3) is 5.61. The summed E-state index contributed by atoms with van der Waals surface area (Å²) in [6, 6.07) is 17.7. The Morgan fingerprint density at radius 1 is 0.906 bits per heavy atom. The summed E-state index contributed by atoms with van der Waals surface area (Å²) in [7, 11) is 0. The topological polar surface area (TPSA) is 55.9 Å². The zero-order valence-electron chi connectivity index (χ0n) is 18.4. The highest BCUT2D eigenvalue weighted by Crippen LogP contribution is 2.26. The second kappa shape index (κ2) is 10.8. The molecule has 4 rings (SSSR count). The molecule has 1 atom stereocenters. The lowest BCUT2D eigenvalue weighted by Crippen LogP contribution is -2.46. The molecule has 2 heterocycles. The lowest BCUT2D eigenvalue weighted by molar-refractivity contribution is -0.132. The minimum absolute atomic E-state index is 0.124. The molecule has 0 bridgehead atoms. The van der Waals surface area contributed by atoms with Crippen LogP contribution in [0.2, 0.25) is 5.02 Å². The van der Waals surface area contributed by atoms with Crippen LogP contribution in [-0.2, 0) is 9.59 Å². The molecule has 0 radical (unpaired) electrons. The Morgan fingerprint density at radius 2 is 1.62 bits per heavy atom. The van der Waals surface area contributed by atoms with E-state index in [-0.39, 0.29) is 11.8 Å². The van der Waals surface area contributed by atoms with Gasteiger partial charge in [0, 0.05) is 55.7 Å². The predicted molar refractivity (Wildman–Crippen MR) is 129 cm³/mol. The molecule has 170 valence electrons. The van der Waals surface area contributed by atoms with Crippen LogP contribution >= 0.6 is 11.6 Å². The molecule has 6 nitrogen and oxygen atoms in total. The Labute approximate surface area is 195 Å². The van der Waals surface area contributed by atoms with Gasteiger partial charge in [-0.3, -0.25) is 14.5 Å². The van der Waals surface area contributed by atoms with Crippen molar-refractivity contribution in [3.05, 3.63) is 59.6 Å². The Bertz CT molecular complexity index is 898. The van der Waals surface area contributed by atoms with Crippen LogP contribution in [0.3, 0.4) is 0 Å². The maximum absolute atomic E-state index is 12.7. The fourth-order valence-corrected chi connectivity index (χ4v) is 4.59. The van der Waals surface area contributed by atoms with E-state index >= 15 is 0 Å². The van der Waals surface area contributed by atoms with Crippen LogP contribution < -0.4 is 15.1 Å². The first-order valence-corrected chi connectivity index (χ1v) is 11.9. The number of nitrogens with one attached hydrogen (secondary N) is 1. The number of carbonyl (C=O) groups excluding carboxylic acids is 2. The number of para-hydroxylation sites is 1. The van der Waals surface area contributed by atoms with E-state index < -0.39 is 5.92 Å². The number of hydrogen-bond donors (Lipinski definition) is 1. The lowest BCUT2D eigenvalue weighted by atomic mass is 10.1. The van der Waals surface area contributed by atoms with Crippen LogP contribution in [0.4, 0.5) is 11.4 Å². The summed E-state index contributed by atoms with van der Waals surface area (Å²) in [6.45, 7) is 6.46. The molecule has 0 saturated carbocycles. The van der Waals surface area contributed by atoms with E-state index in [0.29, 0.717) is 24.5 Å². The summed E-state index contributed by atoms with van der Waals surface area (Å²) in [5.41, 5.74) is 2.09. The van der Waals surface area contributed by atoms with E-state index in [1.165, 1.54) is 5.69 Å². The summed E-state index contributed by atoms with van der Waals surface area (Å²) in [5.74, 6) is -0.860. The number of nitrogens with zero attached hydrogens (tertiary/aromatic N) is 3. The van der Waals surface area contributed by atoms with Gasteiger partial charge >= 0.3 is 0 Å². The molecule has 1 unspecified atom stereocenters. The smallest absolute Gasteiger partial charge is 0.239 e. The van der Waals surface area contributed by atoms with Gasteiger partial charge in [0.25, 0.3) is 0 Å². The summed E-state index contributed by atoms with van der Waals surface area (Å²) in [6.07, 6.45) is 2.52. The van der Waals surface area contributed by atoms with Crippen LogP contribution in [0.25, 0.3) is 0 Å². The molecule has 2 aromatic rings. The molecule has 2 amide bonds. The van der Waals surface area contributed by atoms with Crippen molar-refractivity contribution < 1.29 is 9.59 Å². The highest BCUT2D eigenvalue weighted by molar-refractivity contribution is 6.30. The highest BCUT2D eigenvalue weighted by Gasteiger charge is 2.37. The molecule has 0 aliphatic carbocycles. The van der Waals surface area contributed by atoms with Crippen molar-refractivity contribution in [2.24, 2.45) is 5.92 Å².